The van der Waals surface area contributed by atoms with Crippen molar-refractivity contribution in [2.45, 2.75) is 38.6 Å². The van der Waals surface area contributed by atoms with Gasteiger partial charge < -0.3 is 24.1 Å². The lowest BCUT2D eigenvalue weighted by molar-refractivity contribution is -0.113. The molecule has 33 heavy (non-hydrogen) atoms. The zero-order chi connectivity index (χ0) is 23.8. The van der Waals surface area contributed by atoms with Crippen LogP contribution in [0.5, 0.6) is 17.2 Å². The number of nitrogens with one attached hydrogen (secondary N) is 1. The number of carbonyl (C=O) groups is 1. The molecule has 0 aliphatic carbocycles. The van der Waals surface area contributed by atoms with E-state index in [-0.39, 0.29) is 17.8 Å². The van der Waals surface area contributed by atoms with Crippen LogP contribution in [0.1, 0.15) is 32.7 Å². The van der Waals surface area contributed by atoms with E-state index in [0.29, 0.717) is 34.1 Å². The van der Waals surface area contributed by atoms with Gasteiger partial charge >= 0.3 is 0 Å². The average molecular weight is 471 g/mol. The van der Waals surface area contributed by atoms with Gasteiger partial charge in [0.1, 0.15) is 17.2 Å². The van der Waals surface area contributed by atoms with E-state index in [1.165, 1.54) is 11.8 Å². The molecular weight excluding hydrogens is 440 g/mol. The highest BCUT2D eigenvalue weighted by Gasteiger charge is 2.21. The smallest absolute Gasteiger partial charge is 0.234 e. The van der Waals surface area contributed by atoms with E-state index in [1.807, 2.05) is 47.9 Å². The Hall–Kier alpha value is -3.20. The van der Waals surface area contributed by atoms with Gasteiger partial charge in [-0.15, -0.1) is 10.2 Å². The third-order valence-electron chi connectivity index (χ3n) is 4.74. The van der Waals surface area contributed by atoms with Crippen molar-refractivity contribution in [3.63, 3.8) is 0 Å². The van der Waals surface area contributed by atoms with Gasteiger partial charge in [-0.05, 0) is 49.2 Å². The van der Waals surface area contributed by atoms with Crippen molar-refractivity contribution in [1.82, 2.24) is 14.8 Å². The predicted octanol–water partition coefficient (Wildman–Crippen LogP) is 4.82. The molecule has 1 atom stereocenters. The number of thioether (sulfide) groups is 1. The molecule has 9 heteroatoms. The minimum Gasteiger partial charge on any atom is -0.497 e. The lowest BCUT2D eigenvalue weighted by Gasteiger charge is -2.18. The second kappa shape index (κ2) is 11.6. The SMILES string of the molecule is COc1ccc(OC(C)c2nnc(SCC(=O)Nc3ccccc3OC)n2CC(C)C)cc1. The predicted molar refractivity (Wildman–Crippen MR) is 129 cm³/mol. The Bertz CT molecular complexity index is 1050. The third-order valence-corrected chi connectivity index (χ3v) is 5.71. The van der Waals surface area contributed by atoms with Gasteiger partial charge in [0.15, 0.2) is 17.1 Å². The van der Waals surface area contributed by atoms with Crippen molar-refractivity contribution in [2.75, 3.05) is 25.3 Å². The fourth-order valence-electron chi connectivity index (χ4n) is 3.22. The summed E-state index contributed by atoms with van der Waals surface area (Å²) >= 11 is 1.34. The van der Waals surface area contributed by atoms with E-state index in [0.717, 1.165) is 12.3 Å². The highest BCUT2D eigenvalue weighted by Crippen LogP contribution is 2.27. The number of methoxy groups -OCH3 is 2. The molecule has 8 nitrogen and oxygen atoms in total. The Kier molecular flexibility index (Phi) is 8.59. The first-order valence-corrected chi connectivity index (χ1v) is 11.7. The summed E-state index contributed by atoms with van der Waals surface area (Å²) in [5, 5.41) is 12.3. The van der Waals surface area contributed by atoms with Crippen LogP contribution in [0, 0.1) is 5.92 Å². The monoisotopic (exact) mass is 470 g/mol. The van der Waals surface area contributed by atoms with Crippen molar-refractivity contribution in [1.29, 1.82) is 0 Å². The van der Waals surface area contributed by atoms with Crippen LogP contribution < -0.4 is 19.5 Å². The molecule has 0 fully saturated rings. The van der Waals surface area contributed by atoms with Crippen LogP contribution in [-0.4, -0.2) is 40.6 Å². The van der Waals surface area contributed by atoms with Crippen molar-refractivity contribution < 1.29 is 19.0 Å². The van der Waals surface area contributed by atoms with Crippen molar-refractivity contribution >= 4 is 23.4 Å². The molecule has 0 aliphatic heterocycles. The van der Waals surface area contributed by atoms with Gasteiger partial charge in [-0.3, -0.25) is 4.79 Å². The zero-order valence-corrected chi connectivity index (χ0v) is 20.4. The maximum atomic E-state index is 12.5. The summed E-state index contributed by atoms with van der Waals surface area (Å²) in [6.07, 6.45) is -0.318. The Balaban J connectivity index is 1.69. The normalized spacial score (nSPS) is 11.8. The number of carbonyl (C=O) groups excluding carboxylic acids is 1. The fourth-order valence-corrected chi connectivity index (χ4v) is 3.97. The number of hydrogen-bond acceptors (Lipinski definition) is 7. The maximum Gasteiger partial charge on any atom is 0.234 e. The molecule has 0 bridgehead atoms. The molecule has 1 heterocycles. The van der Waals surface area contributed by atoms with Gasteiger partial charge in [0.25, 0.3) is 0 Å². The number of aromatic nitrogens is 3. The van der Waals surface area contributed by atoms with Crippen molar-refractivity contribution in [3.05, 3.63) is 54.4 Å². The van der Waals surface area contributed by atoms with E-state index < -0.39 is 0 Å². The van der Waals surface area contributed by atoms with Crippen LogP contribution in [0.4, 0.5) is 5.69 Å². The molecule has 176 valence electrons. The number of ether oxygens (including phenoxy) is 3. The number of rotatable bonds is 11. The number of amides is 1. The molecule has 3 rings (SSSR count). The second-order valence-electron chi connectivity index (χ2n) is 7.82. The number of benzene rings is 2. The zero-order valence-electron chi connectivity index (χ0n) is 19.6. The average Bonchev–Trinajstić information content (AvgIpc) is 3.20. The lowest BCUT2D eigenvalue weighted by Crippen LogP contribution is -2.17. The van der Waals surface area contributed by atoms with E-state index in [9.17, 15) is 4.79 Å². The molecule has 0 aliphatic rings. The minimum atomic E-state index is -0.318. The van der Waals surface area contributed by atoms with Crippen LogP contribution >= 0.6 is 11.8 Å². The van der Waals surface area contributed by atoms with Gasteiger partial charge in [0.05, 0.1) is 25.7 Å². The molecule has 1 N–H and O–H groups in total. The van der Waals surface area contributed by atoms with Gasteiger partial charge in [-0.25, -0.2) is 0 Å². The summed E-state index contributed by atoms with van der Waals surface area (Å²) in [4.78, 5) is 12.5. The molecule has 0 spiro atoms. The van der Waals surface area contributed by atoms with E-state index in [4.69, 9.17) is 14.2 Å². The highest BCUT2D eigenvalue weighted by molar-refractivity contribution is 7.99. The summed E-state index contributed by atoms with van der Waals surface area (Å²) in [6.45, 7) is 6.91. The largest absolute Gasteiger partial charge is 0.497 e. The number of nitrogens with zero attached hydrogens (tertiary/aromatic N) is 3. The topological polar surface area (TPSA) is 87.5 Å². The standard InChI is InChI=1S/C24H30N4O4S/c1-16(2)14-28-23(17(3)32-19-12-10-18(30-4)11-13-19)26-27-24(28)33-15-22(29)25-20-8-6-7-9-21(20)31-5/h6-13,16-17H,14-15H2,1-5H3,(H,25,29). The summed E-state index contributed by atoms with van der Waals surface area (Å²) in [7, 11) is 3.20. The van der Waals surface area contributed by atoms with Gasteiger partial charge in [0, 0.05) is 6.54 Å². The highest BCUT2D eigenvalue weighted by atomic mass is 32.2. The molecular formula is C24H30N4O4S. The summed E-state index contributed by atoms with van der Waals surface area (Å²) < 4.78 is 18.6. The first kappa shape index (κ1) is 24.4. The van der Waals surface area contributed by atoms with E-state index >= 15 is 0 Å². The molecule has 0 saturated carbocycles. The minimum absolute atomic E-state index is 0.146. The summed E-state index contributed by atoms with van der Waals surface area (Å²) in [6, 6.07) is 14.7. The maximum absolute atomic E-state index is 12.5. The summed E-state index contributed by atoms with van der Waals surface area (Å²) in [5.74, 6) is 3.23. The third kappa shape index (κ3) is 6.64. The first-order chi connectivity index (χ1) is 15.9. The quantitative estimate of drug-likeness (QED) is 0.402. The molecule has 0 saturated heterocycles. The molecule has 1 unspecified atom stereocenters. The van der Waals surface area contributed by atoms with Crippen LogP contribution in [0.2, 0.25) is 0 Å². The van der Waals surface area contributed by atoms with Crippen LogP contribution in [0.3, 0.4) is 0 Å². The number of hydrogen-bond donors (Lipinski definition) is 1. The molecule has 0 radical (unpaired) electrons. The summed E-state index contributed by atoms with van der Waals surface area (Å²) in [5.41, 5.74) is 0.636. The Morgan fingerprint density at radius 2 is 1.70 bits per heavy atom. The Labute approximate surface area is 198 Å². The van der Waals surface area contributed by atoms with E-state index in [2.05, 4.69) is 29.4 Å². The van der Waals surface area contributed by atoms with Crippen LogP contribution in [0.25, 0.3) is 0 Å². The molecule has 3 aromatic rings. The van der Waals surface area contributed by atoms with Crippen LogP contribution in [-0.2, 0) is 11.3 Å². The van der Waals surface area contributed by atoms with Crippen molar-refractivity contribution in [2.24, 2.45) is 5.92 Å². The first-order valence-electron chi connectivity index (χ1n) is 10.7. The fraction of sp³-hybridized carbons (Fsp3) is 0.375. The second-order valence-corrected chi connectivity index (χ2v) is 8.76. The van der Waals surface area contributed by atoms with Crippen LogP contribution in [0.15, 0.2) is 53.7 Å². The van der Waals surface area contributed by atoms with Gasteiger partial charge in [-0.2, -0.15) is 0 Å². The van der Waals surface area contributed by atoms with Crippen molar-refractivity contribution in [3.8, 4) is 17.2 Å². The van der Waals surface area contributed by atoms with E-state index in [1.54, 1.807) is 26.4 Å². The molecule has 1 aromatic heterocycles. The van der Waals surface area contributed by atoms with Gasteiger partial charge in [0.2, 0.25) is 5.91 Å². The Morgan fingerprint density at radius 1 is 1.00 bits per heavy atom. The number of anilines is 1. The van der Waals surface area contributed by atoms with Gasteiger partial charge in [-0.1, -0.05) is 37.7 Å². The number of para-hydroxylation sites is 2. The molecule has 1 amide bonds. The molecule has 2 aromatic carbocycles. The Morgan fingerprint density at radius 3 is 2.36 bits per heavy atom. The lowest BCUT2D eigenvalue weighted by atomic mass is 10.2.